The number of amides is 2. The van der Waals surface area contributed by atoms with Crippen LogP contribution < -0.4 is 5.32 Å². The number of H-pyrrole nitrogens is 1. The van der Waals surface area contributed by atoms with Gasteiger partial charge in [-0.3, -0.25) is 14.7 Å². The van der Waals surface area contributed by atoms with Gasteiger partial charge in [0.25, 0.3) is 11.8 Å². The number of hydrogen-bond acceptors (Lipinski definition) is 7. The van der Waals surface area contributed by atoms with Gasteiger partial charge in [-0.2, -0.15) is 5.10 Å². The molecule has 10 nitrogen and oxygen atoms in total. The first-order valence-corrected chi connectivity index (χ1v) is 12.7. The Morgan fingerprint density at radius 3 is 2.45 bits per heavy atom. The smallest absolute Gasteiger partial charge is 0.335 e. The standard InChI is InChI=1S/C28H32N4O6/c1-2-38-28(36)25(33)17-22(16-19-8-10-21(11-9-19)20-6-4-3-5-7-20)29-26(34)23-18-24(31-30-23)27(35)32-12-14-37-15-13-32/h3-11,18,22,25,33H,2,12-17H2,1H3,(H,29,34)(H,30,31). The van der Waals surface area contributed by atoms with Gasteiger partial charge in [0.15, 0.2) is 11.8 Å². The highest BCUT2D eigenvalue weighted by Gasteiger charge is 2.26. The van der Waals surface area contributed by atoms with Gasteiger partial charge in [-0.15, -0.1) is 0 Å². The molecule has 2 atom stereocenters. The van der Waals surface area contributed by atoms with Crippen molar-refractivity contribution in [3.05, 3.63) is 77.6 Å². The monoisotopic (exact) mass is 520 g/mol. The number of benzene rings is 2. The van der Waals surface area contributed by atoms with E-state index in [9.17, 15) is 19.5 Å². The number of hydrogen-bond donors (Lipinski definition) is 3. The molecule has 10 heteroatoms. The van der Waals surface area contributed by atoms with Gasteiger partial charge in [0.2, 0.25) is 0 Å². The van der Waals surface area contributed by atoms with Crippen molar-refractivity contribution < 1.29 is 29.0 Å². The fourth-order valence-electron chi connectivity index (χ4n) is 4.29. The number of rotatable bonds is 10. The van der Waals surface area contributed by atoms with Crippen LogP contribution in [-0.2, 0) is 20.7 Å². The van der Waals surface area contributed by atoms with E-state index in [-0.39, 0.29) is 30.3 Å². The van der Waals surface area contributed by atoms with E-state index in [1.54, 1.807) is 11.8 Å². The Balaban J connectivity index is 1.46. The predicted octanol–water partition coefficient (Wildman–Crippen LogP) is 2.20. The lowest BCUT2D eigenvalue weighted by molar-refractivity contribution is -0.153. The van der Waals surface area contributed by atoms with Crippen LogP contribution in [0.25, 0.3) is 11.1 Å². The van der Waals surface area contributed by atoms with Crippen LogP contribution in [0.15, 0.2) is 60.7 Å². The summed E-state index contributed by atoms with van der Waals surface area (Å²) in [6, 6.07) is 18.6. The minimum absolute atomic E-state index is 0.0429. The van der Waals surface area contributed by atoms with Gasteiger partial charge in [-0.25, -0.2) is 4.79 Å². The van der Waals surface area contributed by atoms with E-state index in [1.807, 2.05) is 54.6 Å². The molecular formula is C28H32N4O6. The summed E-state index contributed by atoms with van der Waals surface area (Å²) in [6.07, 6.45) is -1.08. The molecule has 3 N–H and O–H groups in total. The number of aliphatic hydroxyl groups excluding tert-OH is 1. The molecule has 0 aliphatic carbocycles. The summed E-state index contributed by atoms with van der Waals surface area (Å²) in [5, 5.41) is 19.9. The first-order chi connectivity index (χ1) is 18.4. The van der Waals surface area contributed by atoms with Gasteiger partial charge >= 0.3 is 5.97 Å². The maximum Gasteiger partial charge on any atom is 0.335 e. The van der Waals surface area contributed by atoms with Crippen molar-refractivity contribution in [3.63, 3.8) is 0 Å². The molecule has 200 valence electrons. The van der Waals surface area contributed by atoms with Gasteiger partial charge < -0.3 is 24.8 Å². The molecule has 38 heavy (non-hydrogen) atoms. The van der Waals surface area contributed by atoms with E-state index in [4.69, 9.17) is 9.47 Å². The molecule has 1 fully saturated rings. The number of carbonyl (C=O) groups is 3. The van der Waals surface area contributed by atoms with E-state index < -0.39 is 24.0 Å². The Bertz CT molecular complexity index is 1220. The molecule has 4 rings (SSSR count). The number of esters is 1. The third kappa shape index (κ3) is 7.05. The molecule has 2 heterocycles. The van der Waals surface area contributed by atoms with Crippen molar-refractivity contribution in [2.45, 2.75) is 31.9 Å². The van der Waals surface area contributed by atoms with Crippen LogP contribution in [0.2, 0.25) is 0 Å². The second-order valence-corrected chi connectivity index (χ2v) is 9.01. The van der Waals surface area contributed by atoms with Crippen LogP contribution in [-0.4, -0.2) is 83.0 Å². The molecule has 0 saturated carbocycles. The molecule has 0 spiro atoms. The van der Waals surface area contributed by atoms with Crippen LogP contribution in [0.4, 0.5) is 0 Å². The van der Waals surface area contributed by atoms with Crippen molar-refractivity contribution in [1.82, 2.24) is 20.4 Å². The van der Waals surface area contributed by atoms with Gasteiger partial charge in [0.1, 0.15) is 5.69 Å². The van der Waals surface area contributed by atoms with Gasteiger partial charge in [-0.05, 0) is 30.0 Å². The second-order valence-electron chi connectivity index (χ2n) is 9.01. The van der Waals surface area contributed by atoms with Crippen molar-refractivity contribution in [2.75, 3.05) is 32.9 Å². The lowest BCUT2D eigenvalue weighted by Crippen LogP contribution is -2.41. The van der Waals surface area contributed by atoms with Crippen LogP contribution in [0.1, 0.15) is 39.9 Å². The topological polar surface area (TPSA) is 134 Å². The van der Waals surface area contributed by atoms with Crippen LogP contribution in [0.5, 0.6) is 0 Å². The van der Waals surface area contributed by atoms with E-state index in [0.717, 1.165) is 16.7 Å². The zero-order valence-electron chi connectivity index (χ0n) is 21.3. The number of carbonyl (C=O) groups excluding carboxylic acids is 3. The van der Waals surface area contributed by atoms with Crippen molar-refractivity contribution >= 4 is 17.8 Å². The van der Waals surface area contributed by atoms with E-state index >= 15 is 0 Å². The number of nitrogens with one attached hydrogen (secondary N) is 2. The molecule has 0 bridgehead atoms. The molecule has 0 radical (unpaired) electrons. The molecule has 1 aliphatic heterocycles. The first-order valence-electron chi connectivity index (χ1n) is 12.7. The zero-order chi connectivity index (χ0) is 26.9. The molecule has 3 aromatic rings. The van der Waals surface area contributed by atoms with Crippen molar-refractivity contribution in [3.8, 4) is 11.1 Å². The molecule has 2 amide bonds. The Morgan fingerprint density at radius 1 is 1.08 bits per heavy atom. The average Bonchev–Trinajstić information content (AvgIpc) is 3.45. The maximum atomic E-state index is 13.0. The Hall–Kier alpha value is -4.02. The highest BCUT2D eigenvalue weighted by molar-refractivity contribution is 5.97. The van der Waals surface area contributed by atoms with Crippen LogP contribution in [0.3, 0.4) is 0 Å². The van der Waals surface area contributed by atoms with Crippen LogP contribution in [0, 0.1) is 0 Å². The van der Waals surface area contributed by atoms with Gasteiger partial charge in [-0.1, -0.05) is 54.6 Å². The maximum absolute atomic E-state index is 13.0. The Kier molecular flexibility index (Phi) is 9.23. The molecule has 2 aromatic carbocycles. The predicted molar refractivity (Wildman–Crippen MR) is 139 cm³/mol. The quantitative estimate of drug-likeness (QED) is 0.349. The van der Waals surface area contributed by atoms with E-state index in [2.05, 4.69) is 15.5 Å². The van der Waals surface area contributed by atoms with Crippen molar-refractivity contribution in [2.24, 2.45) is 0 Å². The zero-order valence-corrected chi connectivity index (χ0v) is 21.3. The fourth-order valence-corrected chi connectivity index (χ4v) is 4.29. The summed E-state index contributed by atoms with van der Waals surface area (Å²) in [5.74, 6) is -1.53. The second kappa shape index (κ2) is 13.0. The molecular weight excluding hydrogens is 488 g/mol. The van der Waals surface area contributed by atoms with E-state index in [1.165, 1.54) is 6.07 Å². The molecule has 1 saturated heterocycles. The van der Waals surface area contributed by atoms with Crippen LogP contribution >= 0.6 is 0 Å². The Morgan fingerprint density at radius 2 is 1.76 bits per heavy atom. The number of aromatic nitrogens is 2. The summed E-state index contributed by atoms with van der Waals surface area (Å²) in [4.78, 5) is 39.4. The largest absolute Gasteiger partial charge is 0.464 e. The molecule has 1 aliphatic rings. The number of nitrogens with zero attached hydrogens (tertiary/aromatic N) is 2. The minimum Gasteiger partial charge on any atom is -0.464 e. The lowest BCUT2D eigenvalue weighted by atomic mass is 9.97. The lowest BCUT2D eigenvalue weighted by Gasteiger charge is -2.25. The van der Waals surface area contributed by atoms with E-state index in [0.29, 0.717) is 32.7 Å². The van der Waals surface area contributed by atoms with Gasteiger partial charge in [0, 0.05) is 31.6 Å². The Labute approximate surface area is 220 Å². The number of aromatic amines is 1. The van der Waals surface area contributed by atoms with Crippen molar-refractivity contribution in [1.29, 1.82) is 0 Å². The fraction of sp³-hybridized carbons (Fsp3) is 0.357. The highest BCUT2D eigenvalue weighted by atomic mass is 16.5. The summed E-state index contributed by atoms with van der Waals surface area (Å²) < 4.78 is 10.2. The third-order valence-corrected chi connectivity index (χ3v) is 6.28. The average molecular weight is 521 g/mol. The highest BCUT2D eigenvalue weighted by Crippen LogP contribution is 2.20. The minimum atomic E-state index is -1.40. The summed E-state index contributed by atoms with van der Waals surface area (Å²) >= 11 is 0. The normalized spacial score (nSPS) is 14.9. The summed E-state index contributed by atoms with van der Waals surface area (Å²) in [6.45, 7) is 3.64. The molecule has 1 aromatic heterocycles. The number of morpholine rings is 1. The first kappa shape index (κ1) is 27.0. The number of ether oxygens (including phenoxy) is 2. The third-order valence-electron chi connectivity index (χ3n) is 6.28. The summed E-state index contributed by atoms with van der Waals surface area (Å²) in [5.41, 5.74) is 3.30. The SMILES string of the molecule is CCOC(=O)C(O)CC(Cc1ccc(-c2ccccc2)cc1)NC(=O)c1cc(C(=O)N2CCOCC2)n[nH]1. The molecule has 2 unspecified atom stereocenters. The number of aliphatic hydroxyl groups is 1. The summed E-state index contributed by atoms with van der Waals surface area (Å²) in [7, 11) is 0. The van der Waals surface area contributed by atoms with Gasteiger partial charge in [0.05, 0.1) is 19.8 Å².